The van der Waals surface area contributed by atoms with Crippen LogP contribution in [0.25, 0.3) is 0 Å². The minimum absolute atomic E-state index is 0.0471. The van der Waals surface area contributed by atoms with Gasteiger partial charge >= 0.3 is 6.18 Å². The molecule has 112 valence electrons. The number of alkyl halides is 3. The molecule has 1 heterocycles. The summed E-state index contributed by atoms with van der Waals surface area (Å²) in [6.45, 7) is 3.87. The number of amides is 1. The van der Waals surface area contributed by atoms with E-state index in [-0.39, 0.29) is 12.6 Å². The highest BCUT2D eigenvalue weighted by atomic mass is 19.4. The molecule has 0 unspecified atom stereocenters. The van der Waals surface area contributed by atoms with E-state index in [1.807, 2.05) is 5.32 Å². The van der Waals surface area contributed by atoms with Gasteiger partial charge in [-0.3, -0.25) is 4.79 Å². The summed E-state index contributed by atoms with van der Waals surface area (Å²) in [7, 11) is 0. The molecule has 0 aromatic carbocycles. The Hall–Kier alpha value is -0.820. The van der Waals surface area contributed by atoms with Gasteiger partial charge in [0.25, 0.3) is 0 Å². The van der Waals surface area contributed by atoms with Gasteiger partial charge in [-0.05, 0) is 38.9 Å². The third kappa shape index (κ3) is 7.37. The Kier molecular flexibility index (Phi) is 6.57. The van der Waals surface area contributed by atoms with E-state index < -0.39 is 18.6 Å². The van der Waals surface area contributed by atoms with Crippen molar-refractivity contribution in [2.45, 2.75) is 38.4 Å². The normalized spacial score (nSPS) is 18.5. The molecule has 0 spiro atoms. The fraction of sp³-hybridized carbons (Fsp3) is 0.917. The Labute approximate surface area is 111 Å². The molecule has 0 aromatic heterocycles. The number of likely N-dealkylation sites (tertiary alicyclic amines) is 1. The van der Waals surface area contributed by atoms with Crippen LogP contribution in [-0.2, 0) is 4.79 Å². The van der Waals surface area contributed by atoms with E-state index in [2.05, 4.69) is 17.1 Å². The number of piperidine rings is 1. The lowest BCUT2D eigenvalue weighted by molar-refractivity contribution is -0.138. The maximum Gasteiger partial charge on any atom is 0.405 e. The Bertz CT molecular complexity index is 276. The molecule has 0 bridgehead atoms. The van der Waals surface area contributed by atoms with Gasteiger partial charge in [-0.15, -0.1) is 0 Å². The van der Waals surface area contributed by atoms with Crippen molar-refractivity contribution in [2.24, 2.45) is 0 Å². The quantitative estimate of drug-likeness (QED) is 0.767. The van der Waals surface area contributed by atoms with Gasteiger partial charge in [0.05, 0.1) is 6.54 Å². The average molecular weight is 281 g/mol. The first-order chi connectivity index (χ1) is 8.90. The van der Waals surface area contributed by atoms with E-state index in [0.717, 1.165) is 38.9 Å². The number of carbonyl (C=O) groups excluding carboxylic acids is 1. The van der Waals surface area contributed by atoms with E-state index in [1.165, 1.54) is 0 Å². The van der Waals surface area contributed by atoms with Crippen LogP contribution in [0.3, 0.4) is 0 Å². The third-order valence-electron chi connectivity index (χ3n) is 3.16. The van der Waals surface area contributed by atoms with Crippen molar-refractivity contribution < 1.29 is 18.0 Å². The van der Waals surface area contributed by atoms with Crippen molar-refractivity contribution in [1.82, 2.24) is 15.5 Å². The molecule has 1 fully saturated rings. The highest BCUT2D eigenvalue weighted by molar-refractivity contribution is 5.78. The molecule has 19 heavy (non-hydrogen) atoms. The van der Waals surface area contributed by atoms with Gasteiger partial charge in [-0.1, -0.05) is 6.92 Å². The summed E-state index contributed by atoms with van der Waals surface area (Å²) in [5.41, 5.74) is 0. The molecule has 1 aliphatic heterocycles. The lowest BCUT2D eigenvalue weighted by Crippen LogP contribution is -2.46. The summed E-state index contributed by atoms with van der Waals surface area (Å²) in [5, 5.41) is 4.87. The van der Waals surface area contributed by atoms with Crippen LogP contribution in [0.15, 0.2) is 0 Å². The van der Waals surface area contributed by atoms with Gasteiger partial charge in [-0.2, -0.15) is 13.2 Å². The minimum atomic E-state index is -4.35. The number of hydrogen-bond acceptors (Lipinski definition) is 3. The smallest absolute Gasteiger partial charge is 0.346 e. The van der Waals surface area contributed by atoms with Crippen molar-refractivity contribution in [3.63, 3.8) is 0 Å². The zero-order chi connectivity index (χ0) is 14.3. The molecule has 1 rings (SSSR count). The maximum absolute atomic E-state index is 11.9. The zero-order valence-corrected chi connectivity index (χ0v) is 11.2. The highest BCUT2D eigenvalue weighted by Crippen LogP contribution is 2.12. The molecular weight excluding hydrogens is 259 g/mol. The number of carbonyl (C=O) groups is 1. The van der Waals surface area contributed by atoms with Crippen LogP contribution in [0.5, 0.6) is 0 Å². The second kappa shape index (κ2) is 7.69. The summed E-state index contributed by atoms with van der Waals surface area (Å²) in [6, 6.07) is 0.227. The van der Waals surface area contributed by atoms with Crippen LogP contribution in [-0.4, -0.2) is 55.7 Å². The number of halogens is 3. The van der Waals surface area contributed by atoms with E-state index in [9.17, 15) is 18.0 Å². The first-order valence-electron chi connectivity index (χ1n) is 6.70. The summed E-state index contributed by atoms with van der Waals surface area (Å²) in [6.07, 6.45) is -1.35. The average Bonchev–Trinajstić information content (AvgIpc) is 2.35. The summed E-state index contributed by atoms with van der Waals surface area (Å²) in [4.78, 5) is 13.6. The Balaban J connectivity index is 2.11. The minimum Gasteiger partial charge on any atom is -0.346 e. The highest BCUT2D eigenvalue weighted by Gasteiger charge is 2.27. The SMILES string of the molecule is CCCN1CCC(NCC(=O)NCC(F)(F)F)CC1. The van der Waals surface area contributed by atoms with Gasteiger partial charge in [0.2, 0.25) is 5.91 Å². The van der Waals surface area contributed by atoms with Gasteiger partial charge < -0.3 is 15.5 Å². The predicted octanol–water partition coefficient (Wildman–Crippen LogP) is 1.13. The van der Waals surface area contributed by atoms with Gasteiger partial charge in [0, 0.05) is 6.04 Å². The van der Waals surface area contributed by atoms with Crippen molar-refractivity contribution in [3.05, 3.63) is 0 Å². The van der Waals surface area contributed by atoms with Crippen molar-refractivity contribution >= 4 is 5.91 Å². The summed E-state index contributed by atoms with van der Waals surface area (Å²) in [5.74, 6) is -0.603. The Morgan fingerprint density at radius 2 is 1.95 bits per heavy atom. The van der Waals surface area contributed by atoms with Crippen LogP contribution >= 0.6 is 0 Å². The van der Waals surface area contributed by atoms with Crippen LogP contribution in [0.1, 0.15) is 26.2 Å². The number of rotatable bonds is 6. The van der Waals surface area contributed by atoms with Crippen molar-refractivity contribution in [3.8, 4) is 0 Å². The molecule has 0 radical (unpaired) electrons. The van der Waals surface area contributed by atoms with Crippen LogP contribution in [0.2, 0.25) is 0 Å². The molecule has 0 atom stereocenters. The molecular formula is C12H22F3N3O. The van der Waals surface area contributed by atoms with E-state index >= 15 is 0 Å². The van der Waals surface area contributed by atoms with Gasteiger partial charge in [-0.25, -0.2) is 0 Å². The number of nitrogens with one attached hydrogen (secondary N) is 2. The number of hydrogen-bond donors (Lipinski definition) is 2. The largest absolute Gasteiger partial charge is 0.405 e. The van der Waals surface area contributed by atoms with Gasteiger partial charge in [0.1, 0.15) is 6.54 Å². The van der Waals surface area contributed by atoms with Crippen molar-refractivity contribution in [1.29, 1.82) is 0 Å². The third-order valence-corrected chi connectivity index (χ3v) is 3.16. The first-order valence-corrected chi connectivity index (χ1v) is 6.70. The van der Waals surface area contributed by atoms with Crippen LogP contribution in [0, 0.1) is 0 Å². The van der Waals surface area contributed by atoms with E-state index in [1.54, 1.807) is 0 Å². The molecule has 1 amide bonds. The molecule has 7 heteroatoms. The second-order valence-electron chi connectivity index (χ2n) is 4.89. The van der Waals surface area contributed by atoms with Gasteiger partial charge in [0.15, 0.2) is 0 Å². The van der Waals surface area contributed by atoms with E-state index in [0.29, 0.717) is 0 Å². The Morgan fingerprint density at radius 1 is 1.32 bits per heavy atom. The molecule has 0 aromatic rings. The monoisotopic (exact) mass is 281 g/mol. The molecule has 0 saturated carbocycles. The molecule has 1 aliphatic rings. The van der Waals surface area contributed by atoms with Crippen LogP contribution in [0.4, 0.5) is 13.2 Å². The lowest BCUT2D eigenvalue weighted by atomic mass is 10.0. The summed E-state index contributed by atoms with van der Waals surface area (Å²) < 4.78 is 35.7. The van der Waals surface area contributed by atoms with Crippen molar-refractivity contribution in [2.75, 3.05) is 32.7 Å². The fourth-order valence-corrected chi connectivity index (χ4v) is 2.18. The predicted molar refractivity (Wildman–Crippen MR) is 66.8 cm³/mol. The second-order valence-corrected chi connectivity index (χ2v) is 4.89. The molecule has 1 saturated heterocycles. The molecule has 2 N–H and O–H groups in total. The topological polar surface area (TPSA) is 44.4 Å². The number of nitrogens with zero attached hydrogens (tertiary/aromatic N) is 1. The Morgan fingerprint density at radius 3 is 2.47 bits per heavy atom. The zero-order valence-electron chi connectivity index (χ0n) is 11.2. The van der Waals surface area contributed by atoms with Crippen LogP contribution < -0.4 is 10.6 Å². The first kappa shape index (κ1) is 16.2. The standard InChI is InChI=1S/C12H22F3N3O/c1-2-5-18-6-3-10(4-7-18)16-8-11(19)17-9-12(13,14)15/h10,16H,2-9H2,1H3,(H,17,19). The molecule has 0 aliphatic carbocycles. The maximum atomic E-state index is 11.9. The molecule has 4 nitrogen and oxygen atoms in total. The fourth-order valence-electron chi connectivity index (χ4n) is 2.18. The van der Waals surface area contributed by atoms with E-state index in [4.69, 9.17) is 0 Å². The lowest BCUT2D eigenvalue weighted by Gasteiger charge is -2.32. The summed E-state index contributed by atoms with van der Waals surface area (Å²) >= 11 is 0.